The van der Waals surface area contributed by atoms with Gasteiger partial charge in [0.1, 0.15) is 6.61 Å². The van der Waals surface area contributed by atoms with Crippen molar-refractivity contribution in [3.63, 3.8) is 0 Å². The van der Waals surface area contributed by atoms with E-state index in [1.165, 1.54) is 0 Å². The number of nitrogens with zero attached hydrogens (tertiary/aromatic N) is 1. The van der Waals surface area contributed by atoms with Gasteiger partial charge in [0.25, 0.3) is 0 Å². The summed E-state index contributed by atoms with van der Waals surface area (Å²) in [5, 5.41) is 3.28. The van der Waals surface area contributed by atoms with Crippen molar-refractivity contribution in [3.05, 3.63) is 6.08 Å². The van der Waals surface area contributed by atoms with Crippen molar-refractivity contribution in [2.24, 2.45) is 5.16 Å². The summed E-state index contributed by atoms with van der Waals surface area (Å²) < 4.78 is 0. The molecule has 0 spiro atoms. The molecule has 0 aromatic heterocycles. The third-order valence-electron chi connectivity index (χ3n) is 0.366. The van der Waals surface area contributed by atoms with Crippen molar-refractivity contribution >= 4 is 5.87 Å². The minimum absolute atomic E-state index is 0.597. The lowest BCUT2D eigenvalue weighted by Crippen LogP contribution is -1.68. The number of rotatable bonds is 0. The van der Waals surface area contributed by atoms with Crippen molar-refractivity contribution in [2.45, 2.75) is 0 Å². The normalized spacial score (nSPS) is 16.0. The molecule has 0 fully saturated rings. The van der Waals surface area contributed by atoms with Gasteiger partial charge in [-0.1, -0.05) is 0 Å². The molecule has 1 rings (SSSR count). The Labute approximate surface area is 29.7 Å². The van der Waals surface area contributed by atoms with E-state index in [0.29, 0.717) is 6.61 Å². The molecule has 0 amide bonds. The van der Waals surface area contributed by atoms with E-state index in [-0.39, 0.29) is 0 Å². The number of hydrogen-bond donors (Lipinski definition) is 0. The molecule has 2 heteroatoms. The average Bonchev–Trinajstić information content (AvgIpc) is 1.76. The third-order valence-corrected chi connectivity index (χ3v) is 0.366. The Hall–Kier alpha value is -0.750. The van der Waals surface area contributed by atoms with Crippen molar-refractivity contribution in [1.29, 1.82) is 0 Å². The molecular weight excluding hydrogens is 66.0 g/mol. The number of hydrogen-bond acceptors (Lipinski definition) is 2. The topological polar surface area (TPSA) is 21.6 Å². The molecule has 2 nitrogen and oxygen atoms in total. The van der Waals surface area contributed by atoms with E-state index in [4.69, 9.17) is 0 Å². The van der Waals surface area contributed by atoms with E-state index in [1.807, 2.05) is 0 Å². The lowest BCUT2D eigenvalue weighted by Gasteiger charge is -1.74. The molecule has 0 radical (unpaired) electrons. The Balaban J connectivity index is 2.64. The van der Waals surface area contributed by atoms with E-state index in [2.05, 4.69) is 15.9 Å². The van der Waals surface area contributed by atoms with Crippen LogP contribution in [0.3, 0.4) is 0 Å². The molecule has 5 heavy (non-hydrogen) atoms. The second-order valence-electron chi connectivity index (χ2n) is 0.720. The maximum Gasteiger partial charge on any atom is 0.145 e. The standard InChI is InChI=1S/C3H3NO/c1-2-4-5-3-1/h1H,3H2. The van der Waals surface area contributed by atoms with Crippen LogP contribution in [0.1, 0.15) is 0 Å². The fraction of sp³-hybridized carbons (Fsp3) is 0.333. The van der Waals surface area contributed by atoms with Gasteiger partial charge in [-0.05, 0) is 5.16 Å². The van der Waals surface area contributed by atoms with Crippen LogP contribution in [-0.4, -0.2) is 12.5 Å². The highest BCUT2D eigenvalue weighted by Crippen LogP contribution is 1.77. The van der Waals surface area contributed by atoms with Gasteiger partial charge in [0, 0.05) is 11.9 Å². The maximum absolute atomic E-state index is 4.40. The van der Waals surface area contributed by atoms with Gasteiger partial charge in [0.15, 0.2) is 0 Å². The zero-order valence-corrected chi connectivity index (χ0v) is 2.64. The van der Waals surface area contributed by atoms with Gasteiger partial charge in [-0.3, -0.25) is 0 Å². The second-order valence-corrected chi connectivity index (χ2v) is 0.720. The van der Waals surface area contributed by atoms with Gasteiger partial charge in [0.05, 0.1) is 0 Å². The van der Waals surface area contributed by atoms with Crippen LogP contribution in [0, 0.1) is 0 Å². The summed E-state index contributed by atoms with van der Waals surface area (Å²) >= 11 is 0. The van der Waals surface area contributed by atoms with Crippen molar-refractivity contribution in [3.8, 4) is 0 Å². The zero-order chi connectivity index (χ0) is 3.54. The summed E-state index contributed by atoms with van der Waals surface area (Å²) in [7, 11) is 0. The molecule has 26 valence electrons. The Morgan fingerprint density at radius 2 is 3.00 bits per heavy atom. The summed E-state index contributed by atoms with van der Waals surface area (Å²) in [6.45, 7) is 0.597. The van der Waals surface area contributed by atoms with Gasteiger partial charge < -0.3 is 4.84 Å². The first-order valence-electron chi connectivity index (χ1n) is 1.39. The SMILES string of the molecule is C1=CCON=1. The first-order valence-corrected chi connectivity index (χ1v) is 1.39. The van der Waals surface area contributed by atoms with Crippen molar-refractivity contribution < 1.29 is 4.84 Å². The van der Waals surface area contributed by atoms with Crippen LogP contribution in [0.25, 0.3) is 0 Å². The Bertz CT molecular complexity index is 72.9. The molecule has 0 atom stereocenters. The van der Waals surface area contributed by atoms with Crippen molar-refractivity contribution in [2.75, 3.05) is 6.61 Å². The molecule has 0 aromatic rings. The molecular formula is C3H3NO. The molecule has 1 aliphatic heterocycles. The predicted molar refractivity (Wildman–Crippen MR) is 18.0 cm³/mol. The average molecular weight is 69.1 g/mol. The summed E-state index contributed by atoms with van der Waals surface area (Å²) in [4.78, 5) is 4.40. The van der Waals surface area contributed by atoms with Gasteiger partial charge >= 0.3 is 0 Å². The fourth-order valence-corrected chi connectivity index (χ4v) is 0.186. The highest BCUT2D eigenvalue weighted by atomic mass is 16.6. The molecule has 0 N–H and O–H groups in total. The molecule has 0 saturated carbocycles. The molecule has 0 aromatic carbocycles. The lowest BCUT2D eigenvalue weighted by atomic mass is 10.7. The molecule has 0 aliphatic carbocycles. The first-order chi connectivity index (χ1) is 2.50. The minimum Gasteiger partial charge on any atom is -0.384 e. The zero-order valence-electron chi connectivity index (χ0n) is 2.64. The molecule has 0 bridgehead atoms. The monoisotopic (exact) mass is 69.0 g/mol. The van der Waals surface area contributed by atoms with Crippen LogP contribution in [-0.2, 0) is 4.84 Å². The van der Waals surface area contributed by atoms with Crippen LogP contribution >= 0.6 is 0 Å². The van der Waals surface area contributed by atoms with Crippen LogP contribution in [0.5, 0.6) is 0 Å². The third kappa shape index (κ3) is 0.281. The summed E-state index contributed by atoms with van der Waals surface area (Å²) in [5.74, 6) is 2.50. The second kappa shape index (κ2) is 0.911. The molecule has 1 heterocycles. The molecule has 0 saturated heterocycles. The summed E-state index contributed by atoms with van der Waals surface area (Å²) in [6.07, 6.45) is 1.72. The fourth-order valence-electron chi connectivity index (χ4n) is 0.186. The minimum atomic E-state index is 0.597. The Kier molecular flexibility index (Phi) is 0.453. The van der Waals surface area contributed by atoms with Crippen molar-refractivity contribution in [1.82, 2.24) is 0 Å². The molecule has 0 unspecified atom stereocenters. The van der Waals surface area contributed by atoms with Gasteiger partial charge in [-0.2, -0.15) is 0 Å². The first kappa shape index (κ1) is 2.49. The maximum atomic E-state index is 4.40. The highest BCUT2D eigenvalue weighted by molar-refractivity contribution is 5.52. The Morgan fingerprint density at radius 3 is 3.20 bits per heavy atom. The van der Waals surface area contributed by atoms with E-state index < -0.39 is 0 Å². The van der Waals surface area contributed by atoms with Crippen LogP contribution in [0.4, 0.5) is 0 Å². The van der Waals surface area contributed by atoms with E-state index >= 15 is 0 Å². The van der Waals surface area contributed by atoms with Gasteiger partial charge in [-0.15, -0.1) is 0 Å². The van der Waals surface area contributed by atoms with Crippen LogP contribution in [0.15, 0.2) is 11.2 Å². The molecule has 1 aliphatic rings. The van der Waals surface area contributed by atoms with Gasteiger partial charge in [-0.25, -0.2) is 0 Å². The summed E-state index contributed by atoms with van der Waals surface area (Å²) in [5.41, 5.74) is 0. The Morgan fingerprint density at radius 1 is 2.00 bits per heavy atom. The summed E-state index contributed by atoms with van der Waals surface area (Å²) in [6, 6.07) is 0. The van der Waals surface area contributed by atoms with E-state index in [0.717, 1.165) is 0 Å². The predicted octanol–water partition coefficient (Wildman–Crippen LogP) is 0.158. The van der Waals surface area contributed by atoms with Crippen LogP contribution < -0.4 is 0 Å². The van der Waals surface area contributed by atoms with Gasteiger partial charge in [0.2, 0.25) is 0 Å². The van der Waals surface area contributed by atoms with Crippen LogP contribution in [0.2, 0.25) is 0 Å². The van der Waals surface area contributed by atoms with E-state index in [9.17, 15) is 0 Å². The largest absolute Gasteiger partial charge is 0.384 e. The quantitative estimate of drug-likeness (QED) is 0.397. The highest BCUT2D eigenvalue weighted by Gasteiger charge is 1.76. The smallest absolute Gasteiger partial charge is 0.145 e. The lowest BCUT2D eigenvalue weighted by molar-refractivity contribution is 0.187. The van der Waals surface area contributed by atoms with E-state index in [1.54, 1.807) is 6.08 Å².